The molecule has 2 rings (SSSR count). The summed E-state index contributed by atoms with van der Waals surface area (Å²) in [7, 11) is 0. The van der Waals surface area contributed by atoms with Gasteiger partial charge in [-0.2, -0.15) is 0 Å². The molecule has 1 aliphatic rings. The molecule has 0 radical (unpaired) electrons. The van der Waals surface area contributed by atoms with Crippen LogP contribution >= 0.6 is 35.0 Å². The van der Waals surface area contributed by atoms with Crippen molar-refractivity contribution in [2.24, 2.45) is 4.99 Å². The zero-order valence-electron chi connectivity index (χ0n) is 9.04. The van der Waals surface area contributed by atoms with E-state index in [1.165, 1.54) is 11.8 Å². The van der Waals surface area contributed by atoms with Gasteiger partial charge in [-0.25, -0.2) is 4.99 Å². The Labute approximate surface area is 114 Å². The molecule has 6 heteroatoms. The van der Waals surface area contributed by atoms with Gasteiger partial charge < -0.3 is 5.32 Å². The van der Waals surface area contributed by atoms with Crippen molar-refractivity contribution >= 4 is 51.7 Å². The van der Waals surface area contributed by atoms with E-state index in [0.29, 0.717) is 20.9 Å². The van der Waals surface area contributed by atoms with Gasteiger partial charge in [0.15, 0.2) is 5.17 Å². The summed E-state index contributed by atoms with van der Waals surface area (Å²) in [5.41, 5.74) is 0.568. The zero-order valence-corrected chi connectivity index (χ0v) is 11.4. The van der Waals surface area contributed by atoms with Crippen LogP contribution in [0.4, 0.5) is 5.69 Å². The highest BCUT2D eigenvalue weighted by Gasteiger charge is 2.28. The monoisotopic (exact) mass is 288 g/mol. The summed E-state index contributed by atoms with van der Waals surface area (Å²) in [6.45, 7) is 1.96. The number of amidine groups is 1. The van der Waals surface area contributed by atoms with E-state index in [1.54, 1.807) is 18.2 Å². The van der Waals surface area contributed by atoms with Crippen LogP contribution in [-0.4, -0.2) is 16.3 Å². The molecule has 1 saturated heterocycles. The number of carbonyl (C=O) groups excluding carboxylic acids is 1. The summed E-state index contributed by atoms with van der Waals surface area (Å²) in [5, 5.41) is 4.09. The fourth-order valence-electron chi connectivity index (χ4n) is 1.41. The van der Waals surface area contributed by atoms with Crippen LogP contribution in [0.2, 0.25) is 10.0 Å². The molecule has 1 N–H and O–H groups in total. The average Bonchev–Trinajstić information content (AvgIpc) is 2.65. The minimum Gasteiger partial charge on any atom is -0.304 e. The number of hydrogen-bond donors (Lipinski definition) is 1. The summed E-state index contributed by atoms with van der Waals surface area (Å²) in [5.74, 6) is -0.00518. The van der Waals surface area contributed by atoms with Crippen LogP contribution in [0.15, 0.2) is 23.2 Å². The molecule has 0 bridgehead atoms. The van der Waals surface area contributed by atoms with Crippen LogP contribution < -0.4 is 5.32 Å². The van der Waals surface area contributed by atoms with Crippen LogP contribution in [-0.2, 0) is 4.79 Å². The van der Waals surface area contributed by atoms with Gasteiger partial charge in [0, 0.05) is 0 Å². The van der Waals surface area contributed by atoms with Crippen LogP contribution in [0.5, 0.6) is 0 Å². The number of rotatable bonds is 2. The lowest BCUT2D eigenvalue weighted by Crippen LogP contribution is -2.24. The average molecular weight is 289 g/mol. The van der Waals surface area contributed by atoms with Crippen molar-refractivity contribution < 1.29 is 4.79 Å². The SMILES string of the molecule is CCC1SC(=Nc2cccc(Cl)c2Cl)NC1=O. The Morgan fingerprint density at radius 3 is 2.88 bits per heavy atom. The third-order valence-electron chi connectivity index (χ3n) is 2.30. The largest absolute Gasteiger partial charge is 0.304 e. The molecule has 1 heterocycles. The van der Waals surface area contributed by atoms with E-state index < -0.39 is 0 Å². The minimum absolute atomic E-state index is 0.00518. The predicted octanol–water partition coefficient (Wildman–Crippen LogP) is 3.62. The molecule has 1 amide bonds. The Bertz CT molecular complexity index is 490. The number of thioether (sulfide) groups is 1. The highest BCUT2D eigenvalue weighted by atomic mass is 35.5. The smallest absolute Gasteiger partial charge is 0.239 e. The number of carbonyl (C=O) groups is 1. The van der Waals surface area contributed by atoms with Gasteiger partial charge in [0.25, 0.3) is 0 Å². The lowest BCUT2D eigenvalue weighted by Gasteiger charge is -2.01. The van der Waals surface area contributed by atoms with Crippen molar-refractivity contribution in [2.45, 2.75) is 18.6 Å². The summed E-state index contributed by atoms with van der Waals surface area (Å²) < 4.78 is 0. The van der Waals surface area contributed by atoms with Gasteiger partial charge in [0.05, 0.1) is 21.0 Å². The van der Waals surface area contributed by atoms with E-state index in [4.69, 9.17) is 23.2 Å². The third kappa shape index (κ3) is 2.76. The quantitative estimate of drug-likeness (QED) is 0.903. The summed E-state index contributed by atoms with van der Waals surface area (Å²) >= 11 is 13.3. The first-order chi connectivity index (χ1) is 8.11. The van der Waals surface area contributed by atoms with E-state index in [9.17, 15) is 4.79 Å². The second-order valence-electron chi connectivity index (χ2n) is 3.49. The number of aliphatic imine (C=N–C) groups is 1. The molecule has 1 atom stereocenters. The van der Waals surface area contributed by atoms with Crippen LogP contribution in [0.3, 0.4) is 0 Å². The van der Waals surface area contributed by atoms with E-state index in [0.717, 1.165) is 6.42 Å². The fraction of sp³-hybridized carbons (Fsp3) is 0.273. The van der Waals surface area contributed by atoms with Gasteiger partial charge >= 0.3 is 0 Å². The van der Waals surface area contributed by atoms with E-state index in [2.05, 4.69) is 10.3 Å². The molecule has 1 aromatic rings. The normalized spacial score (nSPS) is 21.9. The van der Waals surface area contributed by atoms with Crippen LogP contribution in [0.25, 0.3) is 0 Å². The lowest BCUT2D eigenvalue weighted by atomic mass is 10.3. The van der Waals surface area contributed by atoms with Crippen molar-refractivity contribution in [3.05, 3.63) is 28.2 Å². The summed E-state index contributed by atoms with van der Waals surface area (Å²) in [4.78, 5) is 15.8. The Balaban J connectivity index is 2.26. The fourth-order valence-corrected chi connectivity index (χ4v) is 2.67. The van der Waals surface area contributed by atoms with Gasteiger partial charge in [0.2, 0.25) is 5.91 Å². The maximum atomic E-state index is 11.5. The highest BCUT2D eigenvalue weighted by molar-refractivity contribution is 8.15. The standard InChI is InChI=1S/C11H10Cl2N2OS/c1-2-8-10(16)15-11(17-8)14-7-5-3-4-6(12)9(7)13/h3-5,8H,2H2,1H3,(H,14,15,16). The molecule has 1 aromatic carbocycles. The lowest BCUT2D eigenvalue weighted by molar-refractivity contribution is -0.118. The predicted molar refractivity (Wildman–Crippen MR) is 73.4 cm³/mol. The van der Waals surface area contributed by atoms with E-state index in [-0.39, 0.29) is 11.2 Å². The molecule has 1 unspecified atom stereocenters. The second-order valence-corrected chi connectivity index (χ2v) is 5.47. The number of amides is 1. The molecule has 3 nitrogen and oxygen atoms in total. The van der Waals surface area contributed by atoms with Gasteiger partial charge in [0.1, 0.15) is 0 Å². The van der Waals surface area contributed by atoms with Gasteiger partial charge in [-0.1, -0.05) is 48.0 Å². The van der Waals surface area contributed by atoms with Gasteiger partial charge in [-0.3, -0.25) is 4.79 Å². The first kappa shape index (κ1) is 12.7. The molecular formula is C11H10Cl2N2OS. The molecule has 0 saturated carbocycles. The molecule has 90 valence electrons. The van der Waals surface area contributed by atoms with Crippen molar-refractivity contribution in [1.29, 1.82) is 0 Å². The minimum atomic E-state index is -0.0632. The molecule has 17 heavy (non-hydrogen) atoms. The first-order valence-corrected chi connectivity index (χ1v) is 6.75. The molecular weight excluding hydrogens is 279 g/mol. The second kappa shape index (κ2) is 5.29. The number of benzene rings is 1. The summed E-state index contributed by atoms with van der Waals surface area (Å²) in [6.07, 6.45) is 0.777. The number of nitrogens with zero attached hydrogens (tertiary/aromatic N) is 1. The van der Waals surface area contributed by atoms with E-state index >= 15 is 0 Å². The maximum Gasteiger partial charge on any atom is 0.239 e. The number of hydrogen-bond acceptors (Lipinski definition) is 3. The maximum absolute atomic E-state index is 11.5. The Kier molecular flexibility index (Phi) is 3.97. The van der Waals surface area contributed by atoms with Crippen LogP contribution in [0, 0.1) is 0 Å². The zero-order chi connectivity index (χ0) is 12.4. The van der Waals surface area contributed by atoms with Crippen molar-refractivity contribution in [2.75, 3.05) is 0 Å². The molecule has 1 fully saturated rings. The summed E-state index contributed by atoms with van der Waals surface area (Å²) in [6, 6.07) is 5.22. The van der Waals surface area contributed by atoms with Crippen molar-refractivity contribution in [3.8, 4) is 0 Å². The Morgan fingerprint density at radius 2 is 2.24 bits per heavy atom. The highest BCUT2D eigenvalue weighted by Crippen LogP contribution is 2.33. The number of halogens is 2. The topological polar surface area (TPSA) is 41.5 Å². The van der Waals surface area contributed by atoms with E-state index in [1.807, 2.05) is 6.92 Å². The van der Waals surface area contributed by atoms with Gasteiger partial charge in [-0.15, -0.1) is 0 Å². The molecule has 1 aliphatic heterocycles. The number of nitrogens with one attached hydrogen (secondary N) is 1. The Hall–Kier alpha value is -0.710. The van der Waals surface area contributed by atoms with Crippen molar-refractivity contribution in [1.82, 2.24) is 5.32 Å². The Morgan fingerprint density at radius 1 is 1.47 bits per heavy atom. The van der Waals surface area contributed by atoms with Crippen molar-refractivity contribution in [3.63, 3.8) is 0 Å². The molecule has 0 aromatic heterocycles. The third-order valence-corrected chi connectivity index (χ3v) is 4.36. The van der Waals surface area contributed by atoms with Crippen LogP contribution in [0.1, 0.15) is 13.3 Å². The molecule has 0 aliphatic carbocycles. The molecule has 0 spiro atoms. The first-order valence-electron chi connectivity index (χ1n) is 5.12. The van der Waals surface area contributed by atoms with Gasteiger partial charge in [-0.05, 0) is 18.6 Å².